The van der Waals surface area contributed by atoms with Crippen molar-refractivity contribution in [2.24, 2.45) is 0 Å². The Bertz CT molecular complexity index is 539. The minimum absolute atomic E-state index is 0.474. The first kappa shape index (κ1) is 16.6. The molecule has 114 valence electrons. The van der Waals surface area contributed by atoms with Gasteiger partial charge in [0.05, 0.1) is 13.7 Å². The largest absolute Gasteiger partial charge is 0.493 e. The molecule has 1 aromatic rings. The van der Waals surface area contributed by atoms with E-state index in [1.807, 2.05) is 6.92 Å². The highest BCUT2D eigenvalue weighted by Gasteiger charge is 2.11. The second-order valence-electron chi connectivity index (χ2n) is 4.25. The van der Waals surface area contributed by atoms with Crippen LogP contribution < -0.4 is 14.8 Å². The number of carbonyl (C=O) groups excluding carboxylic acids is 1. The maximum atomic E-state index is 11.5. The van der Waals surface area contributed by atoms with E-state index in [2.05, 4.69) is 5.32 Å². The van der Waals surface area contributed by atoms with Gasteiger partial charge in [-0.25, -0.2) is 0 Å². The van der Waals surface area contributed by atoms with E-state index < -0.39 is 17.9 Å². The van der Waals surface area contributed by atoms with Crippen LogP contribution in [0.25, 0.3) is 6.08 Å². The van der Waals surface area contributed by atoms with Gasteiger partial charge in [0.2, 0.25) is 5.91 Å². The number of methoxy groups -OCH3 is 1. The van der Waals surface area contributed by atoms with Gasteiger partial charge in [-0.2, -0.15) is 0 Å². The number of hydrogen-bond donors (Lipinski definition) is 2. The third-order valence-electron chi connectivity index (χ3n) is 2.64. The van der Waals surface area contributed by atoms with Crippen LogP contribution in [0.15, 0.2) is 24.3 Å². The predicted molar refractivity (Wildman–Crippen MR) is 78.4 cm³/mol. The lowest BCUT2D eigenvalue weighted by Gasteiger charge is -2.09. The van der Waals surface area contributed by atoms with Gasteiger partial charge in [0, 0.05) is 6.08 Å². The summed E-state index contributed by atoms with van der Waals surface area (Å²) in [5.74, 6) is -0.364. The molecule has 1 atom stereocenters. The van der Waals surface area contributed by atoms with Crippen molar-refractivity contribution in [3.05, 3.63) is 29.8 Å². The van der Waals surface area contributed by atoms with Crippen LogP contribution in [0.1, 0.15) is 19.4 Å². The van der Waals surface area contributed by atoms with Crippen LogP contribution in [0.3, 0.4) is 0 Å². The van der Waals surface area contributed by atoms with Crippen molar-refractivity contribution in [1.82, 2.24) is 5.32 Å². The first-order chi connectivity index (χ1) is 9.97. The number of ether oxygens (including phenoxy) is 2. The Morgan fingerprint density at radius 1 is 1.38 bits per heavy atom. The molecule has 6 nitrogen and oxygen atoms in total. The molecular weight excluding hydrogens is 274 g/mol. The summed E-state index contributed by atoms with van der Waals surface area (Å²) in [7, 11) is 1.53. The van der Waals surface area contributed by atoms with Gasteiger partial charge in [-0.1, -0.05) is 6.07 Å². The molecule has 0 aliphatic rings. The summed E-state index contributed by atoms with van der Waals surface area (Å²) in [6.45, 7) is 3.80. The number of benzene rings is 1. The fourth-order valence-corrected chi connectivity index (χ4v) is 1.56. The molecule has 2 N–H and O–H groups in total. The number of carbonyl (C=O) groups is 2. The smallest absolute Gasteiger partial charge is 0.325 e. The number of aliphatic carboxylic acids is 1. The van der Waals surface area contributed by atoms with Crippen molar-refractivity contribution in [2.45, 2.75) is 19.9 Å². The van der Waals surface area contributed by atoms with Crippen LogP contribution in [0.2, 0.25) is 0 Å². The van der Waals surface area contributed by atoms with Gasteiger partial charge in [0.15, 0.2) is 11.5 Å². The highest BCUT2D eigenvalue weighted by molar-refractivity contribution is 5.94. The maximum absolute atomic E-state index is 11.5. The summed E-state index contributed by atoms with van der Waals surface area (Å²) >= 11 is 0. The number of amides is 1. The van der Waals surface area contributed by atoms with Crippen molar-refractivity contribution in [1.29, 1.82) is 0 Å². The average molecular weight is 293 g/mol. The molecule has 0 saturated carbocycles. The van der Waals surface area contributed by atoms with Gasteiger partial charge in [0.1, 0.15) is 6.04 Å². The van der Waals surface area contributed by atoms with E-state index in [4.69, 9.17) is 14.6 Å². The minimum Gasteiger partial charge on any atom is -0.493 e. The highest BCUT2D eigenvalue weighted by atomic mass is 16.5. The Morgan fingerprint density at radius 3 is 2.67 bits per heavy atom. The highest BCUT2D eigenvalue weighted by Crippen LogP contribution is 2.28. The van der Waals surface area contributed by atoms with Gasteiger partial charge < -0.3 is 19.9 Å². The van der Waals surface area contributed by atoms with E-state index in [0.717, 1.165) is 5.56 Å². The lowest BCUT2D eigenvalue weighted by molar-refractivity contribution is -0.140. The van der Waals surface area contributed by atoms with E-state index in [-0.39, 0.29) is 0 Å². The molecule has 0 spiro atoms. The summed E-state index contributed by atoms with van der Waals surface area (Å²) < 4.78 is 10.6. The van der Waals surface area contributed by atoms with Gasteiger partial charge in [-0.3, -0.25) is 9.59 Å². The van der Waals surface area contributed by atoms with Crippen LogP contribution in [0.4, 0.5) is 0 Å². The Kier molecular flexibility index (Phi) is 6.26. The van der Waals surface area contributed by atoms with Crippen LogP contribution in [0.5, 0.6) is 11.5 Å². The van der Waals surface area contributed by atoms with Crippen LogP contribution in [-0.2, 0) is 9.59 Å². The number of rotatable bonds is 7. The Balaban J connectivity index is 2.76. The van der Waals surface area contributed by atoms with Crippen molar-refractivity contribution >= 4 is 18.0 Å². The fraction of sp³-hybridized carbons (Fsp3) is 0.333. The van der Waals surface area contributed by atoms with Crippen LogP contribution in [0, 0.1) is 0 Å². The van der Waals surface area contributed by atoms with Gasteiger partial charge in [-0.05, 0) is 37.6 Å². The molecule has 0 bridgehead atoms. The number of hydrogen-bond acceptors (Lipinski definition) is 4. The van der Waals surface area contributed by atoms with Gasteiger partial charge in [0.25, 0.3) is 0 Å². The summed E-state index contributed by atoms with van der Waals surface area (Å²) in [5, 5.41) is 11.0. The molecule has 0 heterocycles. The third kappa shape index (κ3) is 5.18. The summed E-state index contributed by atoms with van der Waals surface area (Å²) in [5.41, 5.74) is 0.744. The quantitative estimate of drug-likeness (QED) is 0.747. The van der Waals surface area contributed by atoms with Gasteiger partial charge >= 0.3 is 5.97 Å². The van der Waals surface area contributed by atoms with Crippen LogP contribution >= 0.6 is 0 Å². The SMILES string of the molecule is CCOc1ccc(/C=C/C(=O)N[C@H](C)C(=O)O)cc1OC. The Labute approximate surface area is 123 Å². The second-order valence-corrected chi connectivity index (χ2v) is 4.25. The molecule has 1 rings (SSSR count). The third-order valence-corrected chi connectivity index (χ3v) is 2.64. The van der Waals surface area contributed by atoms with E-state index >= 15 is 0 Å². The molecule has 1 amide bonds. The maximum Gasteiger partial charge on any atom is 0.325 e. The predicted octanol–water partition coefficient (Wildman–Crippen LogP) is 1.70. The Morgan fingerprint density at radius 2 is 2.10 bits per heavy atom. The number of nitrogens with one attached hydrogen (secondary N) is 1. The minimum atomic E-state index is -1.08. The molecule has 0 radical (unpaired) electrons. The molecule has 0 fully saturated rings. The lowest BCUT2D eigenvalue weighted by atomic mass is 10.2. The van der Waals surface area contributed by atoms with Crippen molar-refractivity contribution in [3.8, 4) is 11.5 Å². The van der Waals surface area contributed by atoms with E-state index in [9.17, 15) is 9.59 Å². The fourth-order valence-electron chi connectivity index (χ4n) is 1.56. The monoisotopic (exact) mass is 293 g/mol. The van der Waals surface area contributed by atoms with E-state index in [0.29, 0.717) is 18.1 Å². The van der Waals surface area contributed by atoms with Crippen LogP contribution in [-0.4, -0.2) is 36.7 Å². The molecule has 0 aliphatic heterocycles. The lowest BCUT2D eigenvalue weighted by Crippen LogP contribution is -2.37. The first-order valence-corrected chi connectivity index (χ1v) is 6.50. The summed E-state index contributed by atoms with van der Waals surface area (Å²) in [6, 6.07) is 4.32. The zero-order valence-electron chi connectivity index (χ0n) is 12.3. The first-order valence-electron chi connectivity index (χ1n) is 6.50. The molecule has 0 saturated heterocycles. The molecule has 0 aromatic heterocycles. The molecule has 21 heavy (non-hydrogen) atoms. The molecule has 6 heteroatoms. The van der Waals surface area contributed by atoms with Gasteiger partial charge in [-0.15, -0.1) is 0 Å². The molecule has 0 aliphatic carbocycles. The van der Waals surface area contributed by atoms with E-state index in [1.165, 1.54) is 20.1 Å². The zero-order chi connectivity index (χ0) is 15.8. The summed E-state index contributed by atoms with van der Waals surface area (Å²) in [4.78, 5) is 22.2. The number of carboxylic acid groups (broad SMARTS) is 1. The van der Waals surface area contributed by atoms with E-state index in [1.54, 1.807) is 24.3 Å². The average Bonchev–Trinajstić information content (AvgIpc) is 2.46. The number of carboxylic acids is 1. The van der Waals surface area contributed by atoms with Crippen molar-refractivity contribution < 1.29 is 24.2 Å². The molecule has 1 aromatic carbocycles. The van der Waals surface area contributed by atoms with Crippen molar-refractivity contribution in [3.63, 3.8) is 0 Å². The molecular formula is C15H19NO5. The standard InChI is InChI=1S/C15H19NO5/c1-4-21-12-7-5-11(9-13(12)20-3)6-8-14(17)16-10(2)15(18)19/h5-10H,4H2,1-3H3,(H,16,17)(H,18,19)/b8-6+/t10-/m1/s1. The topological polar surface area (TPSA) is 84.9 Å². The van der Waals surface area contributed by atoms with Crippen molar-refractivity contribution in [2.75, 3.05) is 13.7 Å². The molecule has 0 unspecified atom stereocenters. The normalized spacial score (nSPS) is 12.0. The Hall–Kier alpha value is -2.50. The zero-order valence-corrected chi connectivity index (χ0v) is 12.3. The second kappa shape index (κ2) is 7.94. The summed E-state index contributed by atoms with van der Waals surface area (Å²) in [6.07, 6.45) is 2.84.